The lowest BCUT2D eigenvalue weighted by Crippen LogP contribution is -1.89. The van der Waals surface area contributed by atoms with E-state index in [4.69, 9.17) is 9.47 Å². The Morgan fingerprint density at radius 2 is 1.73 bits per heavy atom. The zero-order valence-electron chi connectivity index (χ0n) is 8.58. The zero-order valence-corrected chi connectivity index (χ0v) is 10.7. The quantitative estimate of drug-likeness (QED) is 0.791. The van der Waals surface area contributed by atoms with Crippen LogP contribution in [0, 0.1) is 3.57 Å². The van der Waals surface area contributed by atoms with Gasteiger partial charge in [-0.2, -0.15) is 0 Å². The van der Waals surface area contributed by atoms with Gasteiger partial charge in [-0.25, -0.2) is 0 Å². The Labute approximate surface area is 102 Å². The number of halogens is 1. The lowest BCUT2D eigenvalue weighted by atomic mass is 10.1. The maximum absolute atomic E-state index is 5.31. The summed E-state index contributed by atoms with van der Waals surface area (Å²) in [4.78, 5) is 0. The molecule has 0 unspecified atom stereocenters. The van der Waals surface area contributed by atoms with Gasteiger partial charge in [0.1, 0.15) is 11.5 Å². The molecule has 0 aliphatic carbocycles. The summed E-state index contributed by atoms with van der Waals surface area (Å²) in [5.41, 5.74) is 0. The molecule has 15 heavy (non-hydrogen) atoms. The van der Waals surface area contributed by atoms with Crippen molar-refractivity contribution in [3.63, 3.8) is 0 Å². The summed E-state index contributed by atoms with van der Waals surface area (Å²) in [6.07, 6.45) is 0. The fourth-order valence-corrected chi connectivity index (χ4v) is 2.27. The van der Waals surface area contributed by atoms with Crippen LogP contribution < -0.4 is 9.47 Å². The predicted octanol–water partition coefficient (Wildman–Crippen LogP) is 3.46. The number of ether oxygens (including phenoxy) is 2. The molecule has 0 heterocycles. The highest BCUT2D eigenvalue weighted by atomic mass is 127. The minimum atomic E-state index is 0.896. The first kappa shape index (κ1) is 10.5. The maximum atomic E-state index is 5.31. The first-order valence-electron chi connectivity index (χ1n) is 4.56. The molecule has 2 aromatic carbocycles. The molecular formula is C12H11IO2. The third-order valence-electron chi connectivity index (χ3n) is 2.33. The van der Waals surface area contributed by atoms with Gasteiger partial charge >= 0.3 is 0 Å². The summed E-state index contributed by atoms with van der Waals surface area (Å²) < 4.78 is 11.7. The van der Waals surface area contributed by atoms with Crippen LogP contribution in [0.5, 0.6) is 11.5 Å². The van der Waals surface area contributed by atoms with Gasteiger partial charge in [0.15, 0.2) is 0 Å². The Hall–Kier alpha value is -0.970. The van der Waals surface area contributed by atoms with Crippen LogP contribution >= 0.6 is 22.6 Å². The minimum absolute atomic E-state index is 0.896. The highest BCUT2D eigenvalue weighted by molar-refractivity contribution is 14.1. The highest BCUT2D eigenvalue weighted by Crippen LogP contribution is 2.32. The molecule has 0 bridgehead atoms. The molecule has 0 N–H and O–H groups in total. The third-order valence-corrected chi connectivity index (χ3v) is 3.18. The van der Waals surface area contributed by atoms with Crippen molar-refractivity contribution in [2.45, 2.75) is 0 Å². The Morgan fingerprint density at radius 3 is 2.40 bits per heavy atom. The van der Waals surface area contributed by atoms with Crippen molar-refractivity contribution in [1.82, 2.24) is 0 Å². The number of methoxy groups -OCH3 is 2. The van der Waals surface area contributed by atoms with Crippen molar-refractivity contribution in [3.8, 4) is 11.5 Å². The van der Waals surface area contributed by atoms with E-state index >= 15 is 0 Å². The molecule has 3 heteroatoms. The molecule has 2 rings (SSSR count). The van der Waals surface area contributed by atoms with Gasteiger partial charge in [0, 0.05) is 5.39 Å². The normalized spacial score (nSPS) is 10.3. The molecule has 78 valence electrons. The monoisotopic (exact) mass is 314 g/mol. The summed E-state index contributed by atoms with van der Waals surface area (Å²) in [6.45, 7) is 0. The molecule has 0 saturated heterocycles. The third kappa shape index (κ3) is 1.88. The van der Waals surface area contributed by atoms with Gasteiger partial charge in [-0.3, -0.25) is 0 Å². The number of hydrogen-bond acceptors (Lipinski definition) is 2. The zero-order chi connectivity index (χ0) is 10.8. The fraction of sp³-hybridized carbons (Fsp3) is 0.167. The average Bonchev–Trinajstić information content (AvgIpc) is 2.27. The molecule has 0 aromatic heterocycles. The van der Waals surface area contributed by atoms with Crippen molar-refractivity contribution >= 4 is 33.4 Å². The Balaban J connectivity index is 2.74. The summed E-state index contributed by atoms with van der Waals surface area (Å²) in [6, 6.07) is 10.1. The second-order valence-electron chi connectivity index (χ2n) is 3.17. The van der Waals surface area contributed by atoms with Gasteiger partial charge < -0.3 is 9.47 Å². The van der Waals surface area contributed by atoms with Gasteiger partial charge in [0.2, 0.25) is 0 Å². The van der Waals surface area contributed by atoms with Crippen molar-refractivity contribution in [1.29, 1.82) is 0 Å². The number of fused-ring (bicyclic) bond motifs is 1. The summed E-state index contributed by atoms with van der Waals surface area (Å²) in [7, 11) is 3.37. The van der Waals surface area contributed by atoms with Crippen molar-refractivity contribution in [2.24, 2.45) is 0 Å². The first-order chi connectivity index (χ1) is 7.26. The molecule has 2 nitrogen and oxygen atoms in total. The molecule has 0 aliphatic rings. The topological polar surface area (TPSA) is 18.5 Å². The second kappa shape index (κ2) is 4.26. The Morgan fingerprint density at radius 1 is 1.00 bits per heavy atom. The minimum Gasteiger partial charge on any atom is -0.496 e. The van der Waals surface area contributed by atoms with Crippen LogP contribution in [0.25, 0.3) is 10.8 Å². The average molecular weight is 314 g/mol. The predicted molar refractivity (Wildman–Crippen MR) is 69.8 cm³/mol. The van der Waals surface area contributed by atoms with E-state index in [0.717, 1.165) is 25.8 Å². The van der Waals surface area contributed by atoms with Crippen LogP contribution in [0.3, 0.4) is 0 Å². The SMILES string of the molecule is COc1cc2cccc(OC)c2cc1I. The lowest BCUT2D eigenvalue weighted by molar-refractivity contribution is 0.411. The number of hydrogen-bond donors (Lipinski definition) is 0. The van der Waals surface area contributed by atoms with E-state index in [1.54, 1.807) is 14.2 Å². The second-order valence-corrected chi connectivity index (χ2v) is 4.33. The highest BCUT2D eigenvalue weighted by Gasteiger charge is 2.06. The summed E-state index contributed by atoms with van der Waals surface area (Å²) in [5, 5.41) is 2.25. The standard InChI is InChI=1S/C12H11IO2/c1-14-11-5-3-4-8-6-12(15-2)10(13)7-9(8)11/h3-7H,1-2H3. The van der Waals surface area contributed by atoms with Crippen LogP contribution in [-0.4, -0.2) is 14.2 Å². The maximum Gasteiger partial charge on any atom is 0.132 e. The van der Waals surface area contributed by atoms with Crippen LogP contribution in [0.2, 0.25) is 0 Å². The first-order valence-corrected chi connectivity index (χ1v) is 5.64. The van der Waals surface area contributed by atoms with E-state index < -0.39 is 0 Å². The van der Waals surface area contributed by atoms with Crippen LogP contribution in [-0.2, 0) is 0 Å². The van der Waals surface area contributed by atoms with Gasteiger partial charge in [-0.15, -0.1) is 0 Å². The molecule has 0 fully saturated rings. The molecule has 0 atom stereocenters. The summed E-state index contributed by atoms with van der Waals surface area (Å²) in [5.74, 6) is 1.80. The van der Waals surface area contributed by atoms with Gasteiger partial charge in [0.05, 0.1) is 17.8 Å². The van der Waals surface area contributed by atoms with Crippen molar-refractivity contribution in [2.75, 3.05) is 14.2 Å². The molecular weight excluding hydrogens is 303 g/mol. The van der Waals surface area contributed by atoms with Crippen LogP contribution in [0.1, 0.15) is 0 Å². The van der Waals surface area contributed by atoms with E-state index in [9.17, 15) is 0 Å². The number of benzene rings is 2. The largest absolute Gasteiger partial charge is 0.496 e. The molecule has 0 aliphatic heterocycles. The van der Waals surface area contributed by atoms with E-state index in [0.29, 0.717) is 0 Å². The molecule has 0 spiro atoms. The van der Waals surface area contributed by atoms with Crippen LogP contribution in [0.4, 0.5) is 0 Å². The van der Waals surface area contributed by atoms with E-state index in [2.05, 4.69) is 34.7 Å². The molecule has 0 saturated carbocycles. The summed E-state index contributed by atoms with van der Waals surface area (Å²) >= 11 is 2.26. The van der Waals surface area contributed by atoms with Crippen molar-refractivity contribution < 1.29 is 9.47 Å². The van der Waals surface area contributed by atoms with E-state index in [1.165, 1.54) is 0 Å². The molecule has 2 aromatic rings. The Kier molecular flexibility index (Phi) is 3.00. The Bertz CT molecular complexity index is 494. The lowest BCUT2D eigenvalue weighted by Gasteiger charge is -2.08. The van der Waals surface area contributed by atoms with E-state index in [-0.39, 0.29) is 0 Å². The van der Waals surface area contributed by atoms with E-state index in [1.807, 2.05) is 18.2 Å². The van der Waals surface area contributed by atoms with Gasteiger partial charge in [-0.05, 0) is 46.2 Å². The smallest absolute Gasteiger partial charge is 0.132 e. The van der Waals surface area contributed by atoms with Gasteiger partial charge in [0.25, 0.3) is 0 Å². The number of rotatable bonds is 2. The van der Waals surface area contributed by atoms with Gasteiger partial charge in [-0.1, -0.05) is 12.1 Å². The fourth-order valence-electron chi connectivity index (χ4n) is 1.58. The molecule has 0 radical (unpaired) electrons. The van der Waals surface area contributed by atoms with Crippen LogP contribution in [0.15, 0.2) is 30.3 Å². The molecule has 0 amide bonds. The van der Waals surface area contributed by atoms with Crippen molar-refractivity contribution in [3.05, 3.63) is 33.9 Å².